The van der Waals surface area contributed by atoms with E-state index in [9.17, 15) is 9.50 Å². The van der Waals surface area contributed by atoms with Gasteiger partial charge in [-0.05, 0) is 37.6 Å². The molecule has 0 aliphatic rings. The van der Waals surface area contributed by atoms with Crippen LogP contribution in [0.3, 0.4) is 0 Å². The smallest absolute Gasteiger partial charge is 0.126 e. The SMILES string of the molecule is CCOCC(C)(O)Cc1cc(Br)ccc1F. The van der Waals surface area contributed by atoms with Gasteiger partial charge in [0.05, 0.1) is 12.2 Å². The first-order chi connectivity index (χ1) is 7.44. The minimum absolute atomic E-state index is 0.204. The maximum Gasteiger partial charge on any atom is 0.126 e. The van der Waals surface area contributed by atoms with Crippen molar-refractivity contribution < 1.29 is 14.2 Å². The fraction of sp³-hybridized carbons (Fsp3) is 0.500. The number of halogens is 2. The first kappa shape index (κ1) is 13.6. The predicted molar refractivity (Wildman–Crippen MR) is 64.9 cm³/mol. The number of hydrogen-bond donors (Lipinski definition) is 1. The van der Waals surface area contributed by atoms with Crippen LogP contribution in [0.2, 0.25) is 0 Å². The lowest BCUT2D eigenvalue weighted by Crippen LogP contribution is -2.33. The van der Waals surface area contributed by atoms with Gasteiger partial charge in [-0.25, -0.2) is 4.39 Å². The van der Waals surface area contributed by atoms with Gasteiger partial charge in [0.1, 0.15) is 5.82 Å². The predicted octanol–water partition coefficient (Wildman–Crippen LogP) is 2.92. The number of ether oxygens (including phenoxy) is 1. The summed E-state index contributed by atoms with van der Waals surface area (Å²) in [6, 6.07) is 4.70. The second-order valence-electron chi connectivity index (χ2n) is 4.05. The summed E-state index contributed by atoms with van der Waals surface area (Å²) in [5, 5.41) is 10.0. The molecule has 1 atom stereocenters. The van der Waals surface area contributed by atoms with Crippen LogP contribution in [0.1, 0.15) is 19.4 Å². The van der Waals surface area contributed by atoms with E-state index < -0.39 is 5.60 Å². The van der Waals surface area contributed by atoms with Gasteiger partial charge < -0.3 is 9.84 Å². The van der Waals surface area contributed by atoms with Crippen LogP contribution in [0.4, 0.5) is 4.39 Å². The summed E-state index contributed by atoms with van der Waals surface area (Å²) < 4.78 is 19.4. The summed E-state index contributed by atoms with van der Waals surface area (Å²) in [4.78, 5) is 0. The van der Waals surface area contributed by atoms with Crippen LogP contribution in [0.5, 0.6) is 0 Å². The van der Waals surface area contributed by atoms with E-state index in [2.05, 4.69) is 15.9 Å². The van der Waals surface area contributed by atoms with E-state index in [1.54, 1.807) is 19.1 Å². The lowest BCUT2D eigenvalue weighted by Gasteiger charge is -2.23. The van der Waals surface area contributed by atoms with Crippen LogP contribution in [0.15, 0.2) is 22.7 Å². The third-order valence-electron chi connectivity index (χ3n) is 2.20. The van der Waals surface area contributed by atoms with E-state index in [4.69, 9.17) is 4.74 Å². The lowest BCUT2D eigenvalue weighted by atomic mass is 9.97. The molecule has 1 unspecified atom stereocenters. The second-order valence-corrected chi connectivity index (χ2v) is 4.96. The van der Waals surface area contributed by atoms with Crippen LogP contribution >= 0.6 is 15.9 Å². The van der Waals surface area contributed by atoms with Crippen molar-refractivity contribution >= 4 is 15.9 Å². The van der Waals surface area contributed by atoms with Gasteiger partial charge in [-0.15, -0.1) is 0 Å². The van der Waals surface area contributed by atoms with E-state index in [-0.39, 0.29) is 18.8 Å². The van der Waals surface area contributed by atoms with Crippen LogP contribution < -0.4 is 0 Å². The van der Waals surface area contributed by atoms with Gasteiger partial charge in [-0.2, -0.15) is 0 Å². The summed E-state index contributed by atoms with van der Waals surface area (Å²) in [7, 11) is 0. The van der Waals surface area contributed by atoms with Gasteiger partial charge in [-0.1, -0.05) is 15.9 Å². The Balaban J connectivity index is 2.74. The standard InChI is InChI=1S/C12H16BrFO2/c1-3-16-8-12(2,15)7-9-6-10(13)4-5-11(9)14/h4-6,15H,3,7-8H2,1-2H3. The van der Waals surface area contributed by atoms with Crippen LogP contribution in [-0.4, -0.2) is 23.9 Å². The maximum absolute atomic E-state index is 13.4. The number of rotatable bonds is 5. The Hall–Kier alpha value is -0.450. The molecule has 4 heteroatoms. The van der Waals surface area contributed by atoms with Crippen molar-refractivity contribution in [1.29, 1.82) is 0 Å². The van der Waals surface area contributed by atoms with Gasteiger partial charge in [0.15, 0.2) is 0 Å². The van der Waals surface area contributed by atoms with Crippen LogP contribution in [-0.2, 0) is 11.2 Å². The molecule has 16 heavy (non-hydrogen) atoms. The minimum atomic E-state index is -1.04. The van der Waals surface area contributed by atoms with E-state index in [1.807, 2.05) is 6.92 Å². The van der Waals surface area contributed by atoms with Gasteiger partial charge in [0.2, 0.25) is 0 Å². The molecule has 0 amide bonds. The van der Waals surface area contributed by atoms with Crippen molar-refractivity contribution in [1.82, 2.24) is 0 Å². The molecule has 0 aliphatic heterocycles. The quantitative estimate of drug-likeness (QED) is 0.904. The average Bonchev–Trinajstić information content (AvgIpc) is 2.20. The average molecular weight is 291 g/mol. The molecular formula is C12H16BrFO2. The zero-order valence-corrected chi connectivity index (χ0v) is 11.1. The lowest BCUT2D eigenvalue weighted by molar-refractivity contribution is -0.0301. The van der Waals surface area contributed by atoms with Crippen molar-refractivity contribution in [2.75, 3.05) is 13.2 Å². The molecule has 2 nitrogen and oxygen atoms in total. The number of aliphatic hydroxyl groups is 1. The molecule has 0 heterocycles. The molecular weight excluding hydrogens is 275 g/mol. The maximum atomic E-state index is 13.4. The molecule has 1 aromatic rings. The molecule has 0 radical (unpaired) electrons. The van der Waals surface area contributed by atoms with Crippen molar-refractivity contribution in [2.45, 2.75) is 25.9 Å². The van der Waals surface area contributed by atoms with Crippen LogP contribution in [0, 0.1) is 5.82 Å². The highest BCUT2D eigenvalue weighted by molar-refractivity contribution is 9.10. The minimum Gasteiger partial charge on any atom is -0.387 e. The Labute approximate surface area is 104 Å². The summed E-state index contributed by atoms with van der Waals surface area (Å²) >= 11 is 3.28. The second kappa shape index (κ2) is 5.75. The Morgan fingerprint density at radius 3 is 2.81 bits per heavy atom. The largest absolute Gasteiger partial charge is 0.387 e. The normalized spacial score (nSPS) is 14.8. The molecule has 1 rings (SSSR count). The number of benzene rings is 1. The molecule has 90 valence electrons. The molecule has 0 aliphatic carbocycles. The van der Waals surface area contributed by atoms with Crippen LogP contribution in [0.25, 0.3) is 0 Å². The molecule has 0 aromatic heterocycles. The summed E-state index contributed by atoms with van der Waals surface area (Å²) in [5.74, 6) is -0.306. The van der Waals surface area contributed by atoms with Crippen molar-refractivity contribution in [2.24, 2.45) is 0 Å². The Morgan fingerprint density at radius 2 is 2.19 bits per heavy atom. The molecule has 1 aromatic carbocycles. The molecule has 1 N–H and O–H groups in total. The van der Waals surface area contributed by atoms with Gasteiger partial charge in [0.25, 0.3) is 0 Å². The highest BCUT2D eigenvalue weighted by atomic mass is 79.9. The molecule has 0 spiro atoms. The number of hydrogen-bond acceptors (Lipinski definition) is 2. The Morgan fingerprint density at radius 1 is 1.50 bits per heavy atom. The van der Waals surface area contributed by atoms with E-state index >= 15 is 0 Å². The Bertz CT molecular complexity index is 353. The summed E-state index contributed by atoms with van der Waals surface area (Å²) in [6.07, 6.45) is 0.234. The zero-order chi connectivity index (χ0) is 12.2. The fourth-order valence-electron chi connectivity index (χ4n) is 1.46. The van der Waals surface area contributed by atoms with Crippen molar-refractivity contribution in [3.8, 4) is 0 Å². The first-order valence-corrected chi connectivity index (χ1v) is 5.98. The third-order valence-corrected chi connectivity index (χ3v) is 2.69. The fourth-order valence-corrected chi connectivity index (χ4v) is 1.87. The molecule has 0 saturated heterocycles. The highest BCUT2D eigenvalue weighted by Crippen LogP contribution is 2.20. The van der Waals surface area contributed by atoms with E-state index in [0.29, 0.717) is 12.2 Å². The van der Waals surface area contributed by atoms with E-state index in [0.717, 1.165) is 4.47 Å². The van der Waals surface area contributed by atoms with E-state index in [1.165, 1.54) is 6.07 Å². The van der Waals surface area contributed by atoms with Gasteiger partial charge in [-0.3, -0.25) is 0 Å². The summed E-state index contributed by atoms with van der Waals surface area (Å²) in [5.41, 5.74) is -0.559. The van der Waals surface area contributed by atoms with Gasteiger partial charge in [0, 0.05) is 17.5 Å². The monoisotopic (exact) mass is 290 g/mol. The van der Waals surface area contributed by atoms with Crippen molar-refractivity contribution in [3.05, 3.63) is 34.1 Å². The van der Waals surface area contributed by atoms with Crippen molar-refractivity contribution in [3.63, 3.8) is 0 Å². The summed E-state index contributed by atoms with van der Waals surface area (Å²) in [6.45, 7) is 4.24. The highest BCUT2D eigenvalue weighted by Gasteiger charge is 2.22. The molecule has 0 bridgehead atoms. The molecule has 0 saturated carbocycles. The first-order valence-electron chi connectivity index (χ1n) is 5.18. The topological polar surface area (TPSA) is 29.5 Å². The third kappa shape index (κ3) is 4.20. The zero-order valence-electron chi connectivity index (χ0n) is 9.46. The van der Waals surface area contributed by atoms with Gasteiger partial charge >= 0.3 is 0 Å². The molecule has 0 fully saturated rings. The Kier molecular flexibility index (Phi) is 4.89.